The second-order valence-electron chi connectivity index (χ2n) is 3.89. The predicted molar refractivity (Wildman–Crippen MR) is 68.9 cm³/mol. The van der Waals surface area contributed by atoms with Crippen LogP contribution < -0.4 is 5.32 Å². The quantitative estimate of drug-likeness (QED) is 0.672. The summed E-state index contributed by atoms with van der Waals surface area (Å²) in [5.41, 5.74) is -0.255. The van der Waals surface area contributed by atoms with Crippen LogP contribution in [0, 0.1) is 0 Å². The average Bonchev–Trinajstić information content (AvgIpc) is 2.38. The summed E-state index contributed by atoms with van der Waals surface area (Å²) < 4.78 is 0. The Morgan fingerprint density at radius 3 is 2.35 bits per heavy atom. The average molecular weight is 274 g/mol. The van der Waals surface area contributed by atoms with E-state index in [0.717, 1.165) is 6.20 Å². The zero-order valence-corrected chi connectivity index (χ0v) is 10.1. The summed E-state index contributed by atoms with van der Waals surface area (Å²) in [7, 11) is 0. The lowest BCUT2D eigenvalue weighted by atomic mass is 10.1. The van der Waals surface area contributed by atoms with Crippen LogP contribution in [0.2, 0.25) is 0 Å². The molecule has 4 N–H and O–H groups in total. The monoisotopic (exact) mass is 274 g/mol. The first kappa shape index (κ1) is 13.3. The van der Waals surface area contributed by atoms with E-state index in [2.05, 4.69) is 10.3 Å². The summed E-state index contributed by atoms with van der Waals surface area (Å²) in [5.74, 6) is -2.72. The number of pyridine rings is 1. The molecule has 2 rings (SSSR count). The molecule has 7 heteroatoms. The fourth-order valence-corrected chi connectivity index (χ4v) is 1.58. The van der Waals surface area contributed by atoms with Crippen LogP contribution in [-0.4, -0.2) is 32.2 Å². The van der Waals surface area contributed by atoms with Crippen molar-refractivity contribution in [2.45, 2.75) is 0 Å². The SMILES string of the molecule is O=C(O)c1cncc(NC(=O)c2c(O)cccc2O)c1. The van der Waals surface area contributed by atoms with E-state index in [4.69, 9.17) is 5.11 Å². The standard InChI is InChI=1S/C13H10N2O5/c16-9-2-1-3-10(17)11(9)12(18)15-8-4-7(13(19)20)5-14-6-8/h1-6,16-17H,(H,15,18)(H,19,20). The van der Waals surface area contributed by atoms with E-state index in [9.17, 15) is 19.8 Å². The molecule has 2 aromatic rings. The maximum atomic E-state index is 11.9. The molecule has 0 aliphatic carbocycles. The molecule has 0 aliphatic rings. The van der Waals surface area contributed by atoms with Crippen LogP contribution in [0.1, 0.15) is 20.7 Å². The smallest absolute Gasteiger partial charge is 0.337 e. The number of carbonyl (C=O) groups is 2. The number of aromatic hydroxyl groups is 2. The van der Waals surface area contributed by atoms with Crippen molar-refractivity contribution in [2.24, 2.45) is 0 Å². The van der Waals surface area contributed by atoms with E-state index < -0.39 is 11.9 Å². The van der Waals surface area contributed by atoms with Crippen molar-refractivity contribution in [2.75, 3.05) is 5.32 Å². The first-order chi connectivity index (χ1) is 9.49. The van der Waals surface area contributed by atoms with Crippen LogP contribution in [-0.2, 0) is 0 Å². The number of nitrogens with one attached hydrogen (secondary N) is 1. The highest BCUT2D eigenvalue weighted by molar-refractivity contribution is 6.08. The van der Waals surface area contributed by atoms with Crippen molar-refractivity contribution in [3.63, 3.8) is 0 Å². The lowest BCUT2D eigenvalue weighted by Crippen LogP contribution is -2.13. The van der Waals surface area contributed by atoms with Gasteiger partial charge in [0.25, 0.3) is 5.91 Å². The van der Waals surface area contributed by atoms with E-state index >= 15 is 0 Å². The third kappa shape index (κ3) is 2.66. The Labute approximate surface area is 113 Å². The molecule has 0 atom stereocenters. The van der Waals surface area contributed by atoms with Gasteiger partial charge in [-0.3, -0.25) is 9.78 Å². The number of phenolic OH excluding ortho intramolecular Hbond substituents is 2. The van der Waals surface area contributed by atoms with Gasteiger partial charge >= 0.3 is 5.97 Å². The van der Waals surface area contributed by atoms with Gasteiger partial charge in [0.1, 0.15) is 17.1 Å². The molecular weight excluding hydrogens is 264 g/mol. The molecule has 0 saturated heterocycles. The molecule has 1 aromatic carbocycles. The topological polar surface area (TPSA) is 120 Å². The van der Waals surface area contributed by atoms with E-state index in [-0.39, 0.29) is 28.3 Å². The lowest BCUT2D eigenvalue weighted by molar-refractivity contribution is 0.0696. The summed E-state index contributed by atoms with van der Waals surface area (Å²) in [6.45, 7) is 0. The Balaban J connectivity index is 2.28. The molecule has 0 saturated carbocycles. The van der Waals surface area contributed by atoms with Crippen LogP contribution in [0.3, 0.4) is 0 Å². The molecule has 1 aromatic heterocycles. The molecule has 20 heavy (non-hydrogen) atoms. The number of anilines is 1. The van der Waals surface area contributed by atoms with Crippen molar-refractivity contribution < 1.29 is 24.9 Å². The molecular formula is C13H10N2O5. The minimum Gasteiger partial charge on any atom is -0.507 e. The zero-order chi connectivity index (χ0) is 14.7. The number of hydrogen-bond donors (Lipinski definition) is 4. The summed E-state index contributed by atoms with van der Waals surface area (Å²) in [5, 5.41) is 30.3. The molecule has 0 bridgehead atoms. The van der Waals surface area contributed by atoms with Crippen LogP contribution >= 0.6 is 0 Å². The Bertz CT molecular complexity index is 664. The number of benzene rings is 1. The molecule has 102 valence electrons. The summed E-state index contributed by atoms with van der Waals surface area (Å²) in [6, 6.07) is 5.10. The van der Waals surface area contributed by atoms with Crippen molar-refractivity contribution in [1.29, 1.82) is 0 Å². The van der Waals surface area contributed by atoms with Gasteiger partial charge in [0.05, 0.1) is 17.4 Å². The first-order valence-electron chi connectivity index (χ1n) is 5.49. The van der Waals surface area contributed by atoms with Crippen molar-refractivity contribution >= 4 is 17.6 Å². The summed E-state index contributed by atoms with van der Waals surface area (Å²) in [4.78, 5) is 26.4. The first-order valence-corrected chi connectivity index (χ1v) is 5.49. The van der Waals surface area contributed by atoms with Gasteiger partial charge in [-0.2, -0.15) is 0 Å². The van der Waals surface area contributed by atoms with Gasteiger partial charge < -0.3 is 20.6 Å². The highest BCUT2D eigenvalue weighted by Crippen LogP contribution is 2.27. The number of carboxylic acids is 1. The fraction of sp³-hybridized carbons (Fsp3) is 0. The Morgan fingerprint density at radius 2 is 1.75 bits per heavy atom. The van der Waals surface area contributed by atoms with E-state index in [1.165, 1.54) is 30.5 Å². The van der Waals surface area contributed by atoms with Gasteiger partial charge in [0.15, 0.2) is 0 Å². The number of aromatic carboxylic acids is 1. The number of carboxylic acid groups (broad SMARTS) is 1. The summed E-state index contributed by atoms with van der Waals surface area (Å²) in [6.07, 6.45) is 2.39. The fourth-order valence-electron chi connectivity index (χ4n) is 1.58. The van der Waals surface area contributed by atoms with Crippen molar-refractivity contribution in [3.05, 3.63) is 47.8 Å². The molecule has 0 fully saturated rings. The third-order valence-corrected chi connectivity index (χ3v) is 2.49. The van der Waals surface area contributed by atoms with Gasteiger partial charge in [0.2, 0.25) is 0 Å². The van der Waals surface area contributed by atoms with Gasteiger partial charge in [-0.25, -0.2) is 4.79 Å². The minimum absolute atomic E-state index is 0.0932. The Kier molecular flexibility index (Phi) is 3.52. The van der Waals surface area contributed by atoms with Crippen molar-refractivity contribution in [1.82, 2.24) is 4.98 Å². The molecule has 0 aliphatic heterocycles. The van der Waals surface area contributed by atoms with Crippen LogP contribution in [0.5, 0.6) is 11.5 Å². The Morgan fingerprint density at radius 1 is 1.10 bits per heavy atom. The van der Waals surface area contributed by atoms with Gasteiger partial charge in [-0.15, -0.1) is 0 Å². The molecule has 0 spiro atoms. The minimum atomic E-state index is -1.18. The number of aromatic nitrogens is 1. The summed E-state index contributed by atoms with van der Waals surface area (Å²) >= 11 is 0. The van der Waals surface area contributed by atoms with Crippen LogP contribution in [0.15, 0.2) is 36.7 Å². The highest BCUT2D eigenvalue weighted by Gasteiger charge is 2.16. The number of hydrogen-bond acceptors (Lipinski definition) is 5. The van der Waals surface area contributed by atoms with E-state index in [1.54, 1.807) is 0 Å². The van der Waals surface area contributed by atoms with Crippen LogP contribution in [0.4, 0.5) is 5.69 Å². The van der Waals surface area contributed by atoms with Gasteiger partial charge in [-0.1, -0.05) is 6.07 Å². The zero-order valence-electron chi connectivity index (χ0n) is 10.1. The Hall–Kier alpha value is -3.09. The number of phenols is 2. The van der Waals surface area contributed by atoms with Crippen LogP contribution in [0.25, 0.3) is 0 Å². The van der Waals surface area contributed by atoms with Gasteiger partial charge in [-0.05, 0) is 18.2 Å². The molecule has 1 heterocycles. The van der Waals surface area contributed by atoms with E-state index in [0.29, 0.717) is 0 Å². The predicted octanol–water partition coefficient (Wildman–Crippen LogP) is 1.44. The second-order valence-corrected chi connectivity index (χ2v) is 3.89. The lowest BCUT2D eigenvalue weighted by Gasteiger charge is -2.08. The largest absolute Gasteiger partial charge is 0.507 e. The maximum Gasteiger partial charge on any atom is 0.337 e. The molecule has 7 nitrogen and oxygen atoms in total. The van der Waals surface area contributed by atoms with E-state index in [1.807, 2.05) is 0 Å². The normalized spacial score (nSPS) is 10.0. The van der Waals surface area contributed by atoms with Crippen molar-refractivity contribution in [3.8, 4) is 11.5 Å². The molecule has 1 amide bonds. The number of carbonyl (C=O) groups excluding carboxylic acids is 1. The molecule has 0 radical (unpaired) electrons. The molecule has 0 unspecified atom stereocenters. The highest BCUT2D eigenvalue weighted by atomic mass is 16.4. The van der Waals surface area contributed by atoms with Gasteiger partial charge in [0, 0.05) is 6.20 Å². The number of amides is 1. The number of nitrogens with zero attached hydrogens (tertiary/aromatic N) is 1. The third-order valence-electron chi connectivity index (χ3n) is 2.49. The number of rotatable bonds is 3. The second kappa shape index (κ2) is 5.27. The maximum absolute atomic E-state index is 11.9.